The molecule has 0 spiro atoms. The molecule has 0 aliphatic carbocycles. The molecule has 1 N–H and O–H groups in total. The fraction of sp³-hybridized carbons (Fsp3) is 0.167. The molecular formula is C24H21ClN2O4S. The van der Waals surface area contributed by atoms with Gasteiger partial charge in [-0.25, -0.2) is 8.42 Å². The first-order valence-corrected chi connectivity index (χ1v) is 12.3. The van der Waals surface area contributed by atoms with Crippen molar-refractivity contribution in [2.45, 2.75) is 17.4 Å². The number of carbonyl (C=O) groups is 2. The van der Waals surface area contributed by atoms with Crippen molar-refractivity contribution in [1.29, 1.82) is 0 Å². The van der Waals surface area contributed by atoms with Crippen molar-refractivity contribution < 1.29 is 18.0 Å². The van der Waals surface area contributed by atoms with E-state index in [0.29, 0.717) is 28.4 Å². The van der Waals surface area contributed by atoms with E-state index in [1.165, 1.54) is 6.26 Å². The normalized spacial score (nSPS) is 16.2. The van der Waals surface area contributed by atoms with Crippen LogP contribution in [0.3, 0.4) is 0 Å². The number of amides is 2. The highest BCUT2D eigenvalue weighted by Gasteiger charge is 2.31. The minimum absolute atomic E-state index is 0.0873. The van der Waals surface area contributed by atoms with Gasteiger partial charge in [0.1, 0.15) is 0 Å². The van der Waals surface area contributed by atoms with Crippen LogP contribution in [0.2, 0.25) is 5.02 Å². The molecule has 3 aromatic carbocycles. The van der Waals surface area contributed by atoms with E-state index in [2.05, 4.69) is 5.32 Å². The summed E-state index contributed by atoms with van der Waals surface area (Å²) in [6, 6.07) is 20.2. The Morgan fingerprint density at radius 3 is 2.31 bits per heavy atom. The van der Waals surface area contributed by atoms with Gasteiger partial charge in [0.25, 0.3) is 5.91 Å². The molecule has 1 heterocycles. The van der Waals surface area contributed by atoms with Crippen molar-refractivity contribution in [3.05, 3.63) is 83.4 Å². The topological polar surface area (TPSA) is 83.6 Å². The first kappa shape index (κ1) is 22.0. The fourth-order valence-corrected chi connectivity index (χ4v) is 4.81. The summed E-state index contributed by atoms with van der Waals surface area (Å²) in [6.45, 7) is 0.359. The van der Waals surface area contributed by atoms with Gasteiger partial charge < -0.3 is 10.2 Å². The number of sulfone groups is 1. The van der Waals surface area contributed by atoms with Crippen molar-refractivity contribution in [3.8, 4) is 11.1 Å². The third-order valence-corrected chi connectivity index (χ3v) is 6.75. The van der Waals surface area contributed by atoms with Crippen LogP contribution in [0.1, 0.15) is 16.8 Å². The molecule has 1 aliphatic rings. The van der Waals surface area contributed by atoms with E-state index in [4.69, 9.17) is 11.6 Å². The van der Waals surface area contributed by atoms with Crippen LogP contribution in [0.15, 0.2) is 77.7 Å². The van der Waals surface area contributed by atoms with Gasteiger partial charge in [-0.15, -0.1) is 0 Å². The molecule has 2 amide bonds. The smallest absolute Gasteiger partial charge is 0.251 e. The molecule has 1 aliphatic heterocycles. The summed E-state index contributed by atoms with van der Waals surface area (Å²) in [5.74, 6) is -0.343. The number of hydrogen-bond donors (Lipinski definition) is 1. The van der Waals surface area contributed by atoms with Crippen LogP contribution < -0.4 is 10.2 Å². The standard InChI is InChI=1S/C24H21ClN2O4S/c1-32(30,31)22-5-3-2-4-21(22)16-8-12-20(13-9-16)27-15-19(14-23(27)28)26-24(29)17-6-10-18(25)11-7-17/h2-13,19H,14-15H2,1H3,(H,26,29). The van der Waals surface area contributed by atoms with Gasteiger partial charge >= 0.3 is 0 Å². The van der Waals surface area contributed by atoms with Crippen molar-refractivity contribution in [2.24, 2.45) is 0 Å². The second kappa shape index (κ2) is 8.76. The maximum absolute atomic E-state index is 12.6. The number of halogens is 1. The van der Waals surface area contributed by atoms with Crippen LogP contribution in [0, 0.1) is 0 Å². The van der Waals surface area contributed by atoms with Crippen LogP contribution in [-0.2, 0) is 14.6 Å². The van der Waals surface area contributed by atoms with Crippen LogP contribution in [-0.4, -0.2) is 39.1 Å². The number of rotatable bonds is 5. The summed E-state index contributed by atoms with van der Waals surface area (Å²) in [7, 11) is -3.37. The third kappa shape index (κ3) is 4.69. The van der Waals surface area contributed by atoms with Gasteiger partial charge in [-0.3, -0.25) is 9.59 Å². The third-order valence-electron chi connectivity index (χ3n) is 5.34. The maximum atomic E-state index is 12.6. The predicted octanol–water partition coefficient (Wildman–Crippen LogP) is 3.95. The average Bonchev–Trinajstić information content (AvgIpc) is 3.13. The molecule has 164 valence electrons. The second-order valence-electron chi connectivity index (χ2n) is 7.70. The van der Waals surface area contributed by atoms with Crippen molar-refractivity contribution in [3.63, 3.8) is 0 Å². The van der Waals surface area contributed by atoms with Gasteiger partial charge in [0.05, 0.1) is 10.9 Å². The van der Waals surface area contributed by atoms with E-state index in [1.807, 2.05) is 0 Å². The molecule has 1 atom stereocenters. The van der Waals surface area contributed by atoms with Gasteiger partial charge in [0.15, 0.2) is 9.84 Å². The van der Waals surface area contributed by atoms with Crippen LogP contribution in [0.4, 0.5) is 5.69 Å². The van der Waals surface area contributed by atoms with E-state index in [1.54, 1.807) is 77.7 Å². The number of anilines is 1. The molecule has 4 rings (SSSR count). The minimum Gasteiger partial charge on any atom is -0.347 e. The Morgan fingerprint density at radius 2 is 1.66 bits per heavy atom. The zero-order valence-electron chi connectivity index (χ0n) is 17.3. The largest absolute Gasteiger partial charge is 0.347 e. The molecule has 0 aromatic heterocycles. The van der Waals surface area contributed by atoms with Crippen molar-refractivity contribution in [1.82, 2.24) is 5.32 Å². The van der Waals surface area contributed by atoms with E-state index in [-0.39, 0.29) is 29.2 Å². The molecule has 0 radical (unpaired) electrons. The van der Waals surface area contributed by atoms with E-state index >= 15 is 0 Å². The average molecular weight is 469 g/mol. The molecule has 8 heteroatoms. The summed E-state index contributed by atoms with van der Waals surface area (Å²) >= 11 is 5.86. The molecule has 3 aromatic rings. The summed E-state index contributed by atoms with van der Waals surface area (Å²) in [4.78, 5) is 26.9. The number of nitrogens with one attached hydrogen (secondary N) is 1. The summed E-state index contributed by atoms with van der Waals surface area (Å²) in [5.41, 5.74) is 2.53. The lowest BCUT2D eigenvalue weighted by Crippen LogP contribution is -2.37. The van der Waals surface area contributed by atoms with Gasteiger partial charge in [-0.2, -0.15) is 0 Å². The molecule has 0 saturated carbocycles. The van der Waals surface area contributed by atoms with Crippen molar-refractivity contribution >= 4 is 38.9 Å². The zero-order valence-corrected chi connectivity index (χ0v) is 18.9. The van der Waals surface area contributed by atoms with Crippen LogP contribution in [0.5, 0.6) is 0 Å². The van der Waals surface area contributed by atoms with Gasteiger partial charge in [0, 0.05) is 41.1 Å². The Labute approximate surface area is 191 Å². The van der Waals surface area contributed by atoms with Gasteiger partial charge in [-0.05, 0) is 48.0 Å². The SMILES string of the molecule is CS(=O)(=O)c1ccccc1-c1ccc(N2CC(NC(=O)c3ccc(Cl)cc3)CC2=O)cc1. The predicted molar refractivity (Wildman–Crippen MR) is 125 cm³/mol. The van der Waals surface area contributed by atoms with Crippen LogP contribution >= 0.6 is 11.6 Å². The molecule has 0 bridgehead atoms. The zero-order chi connectivity index (χ0) is 22.9. The molecule has 1 unspecified atom stereocenters. The summed E-state index contributed by atoms with van der Waals surface area (Å²) in [5, 5.41) is 3.44. The van der Waals surface area contributed by atoms with Crippen molar-refractivity contribution in [2.75, 3.05) is 17.7 Å². The molecule has 32 heavy (non-hydrogen) atoms. The first-order chi connectivity index (χ1) is 15.2. The van der Waals surface area contributed by atoms with Crippen LogP contribution in [0.25, 0.3) is 11.1 Å². The Morgan fingerprint density at radius 1 is 1.00 bits per heavy atom. The lowest BCUT2D eigenvalue weighted by molar-refractivity contribution is -0.117. The Bertz CT molecular complexity index is 1270. The second-order valence-corrected chi connectivity index (χ2v) is 10.1. The highest BCUT2D eigenvalue weighted by atomic mass is 35.5. The monoisotopic (exact) mass is 468 g/mol. The molecule has 1 saturated heterocycles. The number of nitrogens with zero attached hydrogens (tertiary/aromatic N) is 1. The number of hydrogen-bond acceptors (Lipinski definition) is 4. The lowest BCUT2D eigenvalue weighted by Gasteiger charge is -2.18. The Kier molecular flexibility index (Phi) is 6.04. The quantitative estimate of drug-likeness (QED) is 0.614. The Hall–Kier alpha value is -3.16. The number of carbonyl (C=O) groups excluding carboxylic acids is 2. The fourth-order valence-electron chi connectivity index (χ4n) is 3.77. The van der Waals surface area contributed by atoms with Gasteiger partial charge in [-0.1, -0.05) is 41.9 Å². The molecule has 1 fully saturated rings. The molecular weight excluding hydrogens is 448 g/mol. The highest BCUT2D eigenvalue weighted by molar-refractivity contribution is 7.90. The first-order valence-electron chi connectivity index (χ1n) is 9.99. The Balaban J connectivity index is 1.49. The number of benzene rings is 3. The summed E-state index contributed by atoms with van der Waals surface area (Å²) in [6.07, 6.45) is 1.39. The molecule has 6 nitrogen and oxygen atoms in total. The maximum Gasteiger partial charge on any atom is 0.251 e. The van der Waals surface area contributed by atoms with E-state index in [9.17, 15) is 18.0 Å². The van der Waals surface area contributed by atoms with E-state index < -0.39 is 9.84 Å². The lowest BCUT2D eigenvalue weighted by atomic mass is 10.1. The highest BCUT2D eigenvalue weighted by Crippen LogP contribution is 2.30. The minimum atomic E-state index is -3.37. The van der Waals surface area contributed by atoms with Gasteiger partial charge in [0.2, 0.25) is 5.91 Å². The summed E-state index contributed by atoms with van der Waals surface area (Å²) < 4.78 is 24.2. The van der Waals surface area contributed by atoms with E-state index in [0.717, 1.165) is 5.56 Å².